The lowest BCUT2D eigenvalue weighted by atomic mass is 9.83. The van der Waals surface area contributed by atoms with Gasteiger partial charge in [0, 0.05) is 55.7 Å². The number of aryl methyl sites for hydroxylation is 1. The maximum Gasteiger partial charge on any atom is 0.185 e. The zero-order chi connectivity index (χ0) is 30.8. The molecule has 1 aliphatic carbocycles. The Morgan fingerprint density at radius 3 is 2.40 bits per heavy atom. The van der Waals surface area contributed by atoms with Gasteiger partial charge in [0.05, 0.1) is 0 Å². The lowest BCUT2D eigenvalue weighted by Crippen LogP contribution is -2.33. The Morgan fingerprint density at radius 1 is 0.930 bits per heavy atom. The average Bonchev–Trinajstić information content (AvgIpc) is 3.45. The van der Waals surface area contributed by atoms with E-state index in [2.05, 4.69) is 47.1 Å². The van der Waals surface area contributed by atoms with Gasteiger partial charge in [-0.1, -0.05) is 50.6 Å². The van der Waals surface area contributed by atoms with Crippen LogP contribution in [0.1, 0.15) is 124 Å². The molecule has 1 saturated heterocycles. The van der Waals surface area contributed by atoms with Gasteiger partial charge in [0.15, 0.2) is 11.6 Å². The van der Waals surface area contributed by atoms with Gasteiger partial charge in [-0.2, -0.15) is 0 Å². The Hall–Kier alpha value is -3.34. The molecule has 0 bridgehead atoms. The van der Waals surface area contributed by atoms with Crippen LogP contribution in [0.25, 0.3) is 0 Å². The number of hydrogen-bond donors (Lipinski definition) is 0. The van der Waals surface area contributed by atoms with Gasteiger partial charge in [-0.15, -0.1) is 0 Å². The zero-order valence-electron chi connectivity index (χ0n) is 26.8. The van der Waals surface area contributed by atoms with Gasteiger partial charge < -0.3 is 4.90 Å². The molecule has 0 N–H and O–H groups in total. The summed E-state index contributed by atoms with van der Waals surface area (Å²) in [7, 11) is 0. The highest BCUT2D eigenvalue weighted by atomic mass is 16.1. The third-order valence-electron chi connectivity index (χ3n) is 9.38. The first-order valence-electron chi connectivity index (χ1n) is 16.7. The number of para-hydroxylation sites is 1. The van der Waals surface area contributed by atoms with Crippen LogP contribution in [0.3, 0.4) is 0 Å². The van der Waals surface area contributed by atoms with Gasteiger partial charge in [-0.25, -0.2) is 0 Å². The number of hydrogen-bond acceptors (Lipinski definition) is 5. The number of unbranched alkanes of at least 4 members (excludes halogenated alkanes) is 1. The molecule has 2 aromatic rings. The topological polar surface area (TPSA) is 66.8 Å². The number of piperidine rings is 1. The quantitative estimate of drug-likeness (QED) is 0.196. The van der Waals surface area contributed by atoms with E-state index >= 15 is 0 Å². The monoisotopic (exact) mass is 582 g/mol. The van der Waals surface area contributed by atoms with Gasteiger partial charge in [-0.3, -0.25) is 19.4 Å². The Balaban J connectivity index is 0.00000207. The van der Waals surface area contributed by atoms with Crippen LogP contribution in [-0.2, 0) is 16.0 Å². The molecule has 2 aromatic carbocycles. The van der Waals surface area contributed by atoms with Crippen molar-refractivity contribution in [1.29, 1.82) is 0 Å². The van der Waals surface area contributed by atoms with Crippen LogP contribution < -0.4 is 4.90 Å². The molecular formula is C38H50N2O3. The van der Waals surface area contributed by atoms with Crippen molar-refractivity contribution in [2.45, 2.75) is 111 Å². The second-order valence-electron chi connectivity index (χ2n) is 12.3. The largest absolute Gasteiger partial charge is 0.371 e. The smallest absolute Gasteiger partial charge is 0.185 e. The first kappa shape index (κ1) is 32.6. The molecule has 2 fully saturated rings. The molecule has 1 unspecified atom stereocenters. The maximum atomic E-state index is 13.4. The summed E-state index contributed by atoms with van der Waals surface area (Å²) in [6, 6.07) is 14.6. The van der Waals surface area contributed by atoms with Crippen molar-refractivity contribution >= 4 is 29.3 Å². The fourth-order valence-corrected chi connectivity index (χ4v) is 6.93. The minimum absolute atomic E-state index is 0.0443. The number of ketones is 3. The summed E-state index contributed by atoms with van der Waals surface area (Å²) < 4.78 is 0. The van der Waals surface area contributed by atoms with Crippen molar-refractivity contribution in [3.63, 3.8) is 0 Å². The summed E-state index contributed by atoms with van der Waals surface area (Å²) in [6.07, 6.45) is 11.8. The summed E-state index contributed by atoms with van der Waals surface area (Å²) in [5.74, 6) is 1.14. The van der Waals surface area contributed by atoms with E-state index in [1.165, 1.54) is 16.8 Å². The predicted molar refractivity (Wildman–Crippen MR) is 177 cm³/mol. The van der Waals surface area contributed by atoms with E-state index in [-0.39, 0.29) is 23.9 Å². The van der Waals surface area contributed by atoms with Gasteiger partial charge >= 0.3 is 0 Å². The molecule has 5 nitrogen and oxygen atoms in total. The maximum absolute atomic E-state index is 13.4. The summed E-state index contributed by atoms with van der Waals surface area (Å²) in [4.78, 5) is 45.5. The van der Waals surface area contributed by atoms with Crippen LogP contribution in [-0.4, -0.2) is 36.7 Å². The van der Waals surface area contributed by atoms with Crippen molar-refractivity contribution in [3.8, 4) is 0 Å². The molecule has 2 aliphatic heterocycles. The highest BCUT2D eigenvalue weighted by Gasteiger charge is 2.26. The van der Waals surface area contributed by atoms with Crippen molar-refractivity contribution in [3.05, 3.63) is 76.0 Å². The molecule has 5 heteroatoms. The summed E-state index contributed by atoms with van der Waals surface area (Å²) >= 11 is 0. The standard InChI is InChI=1S/C36H44N2O3.C2H6/c1-25-9-3-5-13-32(25)38-21-18-27(19-22-38)31-17-16-29(34(40)14-6-4-11-28-12-7-15-33(28)39)23-30(31)24-35(41)36-26(2)10-8-20-37-36;1-2/h3,5,9,13,16-17,20,23,27-28H,4,6-8,10-12,14-15,18-19,21-22,24H2,1-2H3;1-2H3. The van der Waals surface area contributed by atoms with E-state index in [1.54, 1.807) is 0 Å². The fourth-order valence-electron chi connectivity index (χ4n) is 6.93. The van der Waals surface area contributed by atoms with Crippen molar-refractivity contribution in [1.82, 2.24) is 0 Å². The number of anilines is 1. The number of aliphatic imine (C=N–C) groups is 1. The summed E-state index contributed by atoms with van der Waals surface area (Å²) in [6.45, 7) is 10.1. The van der Waals surface area contributed by atoms with Crippen molar-refractivity contribution in [2.24, 2.45) is 10.9 Å². The lowest BCUT2D eigenvalue weighted by Gasteiger charge is -2.35. The molecule has 0 amide bonds. The lowest BCUT2D eigenvalue weighted by molar-refractivity contribution is -0.120. The van der Waals surface area contributed by atoms with Gasteiger partial charge in [0.2, 0.25) is 0 Å². The number of nitrogens with zero attached hydrogens (tertiary/aromatic N) is 2. The molecule has 43 heavy (non-hydrogen) atoms. The molecule has 0 spiro atoms. The molecule has 5 rings (SSSR count). The Bertz CT molecular complexity index is 1350. The van der Waals surface area contributed by atoms with Crippen LogP contribution >= 0.6 is 0 Å². The minimum atomic E-state index is 0.0443. The number of Topliss-reactive ketones (excluding diaryl/α,β-unsaturated/α-hetero) is 3. The number of rotatable bonds is 11. The molecule has 0 aromatic heterocycles. The van der Waals surface area contributed by atoms with Crippen LogP contribution in [0, 0.1) is 12.8 Å². The zero-order valence-corrected chi connectivity index (χ0v) is 26.8. The van der Waals surface area contributed by atoms with Crippen LogP contribution in [0.2, 0.25) is 0 Å². The minimum Gasteiger partial charge on any atom is -0.371 e. The van der Waals surface area contributed by atoms with Crippen LogP contribution in [0.5, 0.6) is 0 Å². The van der Waals surface area contributed by atoms with Crippen LogP contribution in [0.15, 0.2) is 58.7 Å². The Kier molecular flexibility index (Phi) is 12.1. The second kappa shape index (κ2) is 15.9. The highest BCUT2D eigenvalue weighted by molar-refractivity contribution is 6.00. The van der Waals surface area contributed by atoms with E-state index in [0.29, 0.717) is 29.4 Å². The normalized spacial score (nSPS) is 18.9. The van der Waals surface area contributed by atoms with E-state index in [1.807, 2.05) is 39.1 Å². The number of benzene rings is 2. The predicted octanol–water partition coefficient (Wildman–Crippen LogP) is 8.77. The molecule has 1 atom stereocenters. The SMILES string of the molecule is CC.CC1=C(C(=O)Cc2cc(C(=O)CCCCC3CCCC3=O)ccc2C2CCN(c3ccccc3C)CC2)N=CCC1. The number of carbonyl (C=O) groups excluding carboxylic acids is 3. The Morgan fingerprint density at radius 2 is 1.70 bits per heavy atom. The molecule has 3 aliphatic rings. The summed E-state index contributed by atoms with van der Waals surface area (Å²) in [5.41, 5.74) is 7.13. The summed E-state index contributed by atoms with van der Waals surface area (Å²) in [5, 5.41) is 0. The Labute approximate surface area is 258 Å². The molecule has 0 radical (unpaired) electrons. The van der Waals surface area contributed by atoms with E-state index in [9.17, 15) is 14.4 Å². The van der Waals surface area contributed by atoms with E-state index < -0.39 is 0 Å². The molecular weight excluding hydrogens is 532 g/mol. The first-order chi connectivity index (χ1) is 20.9. The number of allylic oxidation sites excluding steroid dienone is 2. The second-order valence-corrected chi connectivity index (χ2v) is 12.3. The van der Waals surface area contributed by atoms with Gasteiger partial charge in [0.25, 0.3) is 0 Å². The fraction of sp³-hybridized carbons (Fsp3) is 0.526. The van der Waals surface area contributed by atoms with Gasteiger partial charge in [-0.05, 0) is 106 Å². The molecule has 1 saturated carbocycles. The van der Waals surface area contributed by atoms with Crippen molar-refractivity contribution < 1.29 is 14.4 Å². The first-order valence-corrected chi connectivity index (χ1v) is 16.7. The third-order valence-corrected chi connectivity index (χ3v) is 9.38. The average molecular weight is 583 g/mol. The van der Waals surface area contributed by atoms with Gasteiger partial charge in [0.1, 0.15) is 11.5 Å². The van der Waals surface area contributed by atoms with E-state index in [0.717, 1.165) is 88.4 Å². The van der Waals surface area contributed by atoms with Crippen LogP contribution in [0.4, 0.5) is 5.69 Å². The third kappa shape index (κ3) is 8.40. The molecule has 2 heterocycles. The van der Waals surface area contributed by atoms with E-state index in [4.69, 9.17) is 0 Å². The number of carbonyl (C=O) groups is 3. The highest BCUT2D eigenvalue weighted by Crippen LogP contribution is 2.35. The van der Waals surface area contributed by atoms with Crippen molar-refractivity contribution in [2.75, 3.05) is 18.0 Å². The molecule has 230 valence electrons.